The van der Waals surface area contributed by atoms with E-state index >= 15 is 0 Å². The number of aryl methyl sites for hydroxylation is 1. The lowest BCUT2D eigenvalue weighted by molar-refractivity contribution is 0.490. The molecule has 0 bridgehead atoms. The number of benzene rings is 1. The molecule has 0 aliphatic rings. The highest BCUT2D eigenvalue weighted by molar-refractivity contribution is 5.35. The van der Waals surface area contributed by atoms with E-state index in [-0.39, 0.29) is 0 Å². The summed E-state index contributed by atoms with van der Waals surface area (Å²) in [5, 5.41) is 0. The molecule has 114 valence electrons. The predicted molar refractivity (Wildman–Crippen MR) is 89.6 cm³/mol. The Kier molecular flexibility index (Phi) is 6.04. The Hall–Kier alpha value is -1.57. The maximum absolute atomic E-state index is 4.18. The molecule has 0 aliphatic heterocycles. The molecule has 1 atom stereocenters. The highest BCUT2D eigenvalue weighted by Gasteiger charge is 2.15. The van der Waals surface area contributed by atoms with Crippen molar-refractivity contribution in [2.24, 2.45) is 0 Å². The minimum atomic E-state index is 0.593. The molecule has 2 aromatic rings. The van der Waals surface area contributed by atoms with Crippen molar-refractivity contribution in [1.29, 1.82) is 0 Å². The third-order valence-corrected chi connectivity index (χ3v) is 4.48. The first-order valence-corrected chi connectivity index (χ1v) is 8.24. The fourth-order valence-corrected chi connectivity index (χ4v) is 3.03. The van der Waals surface area contributed by atoms with Gasteiger partial charge in [-0.05, 0) is 37.0 Å². The molecule has 0 saturated heterocycles. The van der Waals surface area contributed by atoms with E-state index in [1.54, 1.807) is 0 Å². The summed E-state index contributed by atoms with van der Waals surface area (Å²) >= 11 is 0. The molecular formula is C19H28N2. The van der Waals surface area contributed by atoms with Crippen LogP contribution in [0.5, 0.6) is 0 Å². The van der Waals surface area contributed by atoms with Crippen LogP contribution in [0.25, 0.3) is 0 Å². The van der Waals surface area contributed by atoms with Gasteiger partial charge in [0, 0.05) is 24.9 Å². The summed E-state index contributed by atoms with van der Waals surface area (Å²) in [7, 11) is 0. The van der Waals surface area contributed by atoms with Gasteiger partial charge in [-0.1, -0.05) is 50.8 Å². The van der Waals surface area contributed by atoms with Gasteiger partial charge in [0.15, 0.2) is 0 Å². The fourth-order valence-electron chi connectivity index (χ4n) is 3.03. The van der Waals surface area contributed by atoms with Crippen LogP contribution in [0, 0.1) is 13.8 Å². The van der Waals surface area contributed by atoms with Crippen molar-refractivity contribution in [2.45, 2.75) is 65.3 Å². The van der Waals surface area contributed by atoms with Crippen LogP contribution in [0.3, 0.4) is 0 Å². The van der Waals surface area contributed by atoms with Crippen molar-refractivity contribution in [3.8, 4) is 0 Å². The number of nitrogens with zero attached hydrogens (tertiary/aromatic N) is 2. The van der Waals surface area contributed by atoms with Gasteiger partial charge in [-0.25, -0.2) is 4.98 Å². The van der Waals surface area contributed by atoms with Crippen LogP contribution in [-0.4, -0.2) is 9.55 Å². The molecule has 0 amide bonds. The van der Waals surface area contributed by atoms with E-state index in [0.717, 1.165) is 6.54 Å². The topological polar surface area (TPSA) is 17.8 Å². The van der Waals surface area contributed by atoms with E-state index in [0.29, 0.717) is 5.92 Å². The van der Waals surface area contributed by atoms with Gasteiger partial charge in [0.2, 0.25) is 0 Å². The number of aromatic nitrogens is 2. The van der Waals surface area contributed by atoms with E-state index < -0.39 is 0 Å². The molecule has 0 saturated carbocycles. The number of imidazole rings is 1. The summed E-state index contributed by atoms with van der Waals surface area (Å²) in [5.41, 5.74) is 4.37. The van der Waals surface area contributed by atoms with E-state index in [9.17, 15) is 0 Å². The van der Waals surface area contributed by atoms with Gasteiger partial charge in [0.25, 0.3) is 0 Å². The summed E-state index contributed by atoms with van der Waals surface area (Å²) in [6.45, 7) is 7.78. The lowest BCUT2D eigenvalue weighted by Crippen LogP contribution is -2.10. The summed E-state index contributed by atoms with van der Waals surface area (Å²) in [6.07, 6.45) is 12.5. The van der Waals surface area contributed by atoms with E-state index in [1.165, 1.54) is 48.8 Å². The standard InChI is InChI=1S/C19H28N2/c1-4-5-6-7-10-18(14-21-13-12-20-15-21)19-11-8-9-16(2)17(19)3/h8-9,11-13,15,18H,4-7,10,14H2,1-3H3. The second-order valence-corrected chi connectivity index (χ2v) is 6.09. The maximum Gasteiger partial charge on any atom is 0.0946 e. The molecule has 21 heavy (non-hydrogen) atoms. The van der Waals surface area contributed by atoms with Crippen LogP contribution in [0.4, 0.5) is 0 Å². The fraction of sp³-hybridized carbons (Fsp3) is 0.526. The highest BCUT2D eigenvalue weighted by Crippen LogP contribution is 2.28. The zero-order valence-electron chi connectivity index (χ0n) is 13.7. The van der Waals surface area contributed by atoms with Gasteiger partial charge in [-0.15, -0.1) is 0 Å². The minimum absolute atomic E-state index is 0.593. The molecule has 2 rings (SSSR count). The molecule has 0 spiro atoms. The summed E-state index contributed by atoms with van der Waals surface area (Å²) in [4.78, 5) is 4.18. The Labute approximate surface area is 129 Å². The monoisotopic (exact) mass is 284 g/mol. The van der Waals surface area contributed by atoms with E-state index in [4.69, 9.17) is 0 Å². The molecule has 0 fully saturated rings. The Morgan fingerprint density at radius 3 is 2.71 bits per heavy atom. The Bertz CT molecular complexity index is 529. The predicted octanol–water partition coefficient (Wildman–Crippen LogP) is 5.25. The molecule has 2 nitrogen and oxygen atoms in total. The molecule has 0 radical (unpaired) electrons. The van der Waals surface area contributed by atoms with Gasteiger partial charge in [-0.3, -0.25) is 0 Å². The normalized spacial score (nSPS) is 12.5. The third kappa shape index (κ3) is 4.45. The lowest BCUT2D eigenvalue weighted by Gasteiger charge is -2.21. The molecule has 2 heteroatoms. The molecule has 0 aliphatic carbocycles. The molecule has 0 N–H and O–H groups in total. The molecular weight excluding hydrogens is 256 g/mol. The number of rotatable bonds is 8. The summed E-state index contributed by atoms with van der Waals surface area (Å²) < 4.78 is 2.21. The highest BCUT2D eigenvalue weighted by atomic mass is 15.0. The van der Waals surface area contributed by atoms with Gasteiger partial charge < -0.3 is 4.57 Å². The Balaban J connectivity index is 2.12. The lowest BCUT2D eigenvalue weighted by atomic mass is 9.88. The second kappa shape index (κ2) is 8.02. The molecule has 1 aromatic heterocycles. The van der Waals surface area contributed by atoms with Crippen LogP contribution in [-0.2, 0) is 6.54 Å². The SMILES string of the molecule is CCCCCCC(Cn1ccnc1)c1cccc(C)c1C. The maximum atomic E-state index is 4.18. The van der Waals surface area contributed by atoms with Crippen molar-refractivity contribution in [1.82, 2.24) is 9.55 Å². The van der Waals surface area contributed by atoms with E-state index in [2.05, 4.69) is 54.7 Å². The average Bonchev–Trinajstić information content (AvgIpc) is 2.98. The van der Waals surface area contributed by atoms with Crippen LogP contribution in [0.15, 0.2) is 36.9 Å². The first-order chi connectivity index (χ1) is 10.2. The average molecular weight is 284 g/mol. The molecule has 1 aromatic carbocycles. The number of hydrogen-bond acceptors (Lipinski definition) is 1. The first-order valence-electron chi connectivity index (χ1n) is 8.24. The molecule has 1 unspecified atom stereocenters. The van der Waals surface area contributed by atoms with Crippen molar-refractivity contribution in [3.05, 3.63) is 53.6 Å². The van der Waals surface area contributed by atoms with Crippen molar-refractivity contribution < 1.29 is 0 Å². The largest absolute Gasteiger partial charge is 0.337 e. The van der Waals surface area contributed by atoms with Gasteiger partial charge >= 0.3 is 0 Å². The van der Waals surface area contributed by atoms with Crippen molar-refractivity contribution in [3.63, 3.8) is 0 Å². The zero-order valence-corrected chi connectivity index (χ0v) is 13.7. The minimum Gasteiger partial charge on any atom is -0.337 e. The van der Waals surface area contributed by atoms with Gasteiger partial charge in [0.1, 0.15) is 0 Å². The Morgan fingerprint density at radius 1 is 1.14 bits per heavy atom. The smallest absolute Gasteiger partial charge is 0.0946 e. The first kappa shape index (κ1) is 15.8. The summed E-state index contributed by atoms with van der Waals surface area (Å²) in [6, 6.07) is 6.72. The summed E-state index contributed by atoms with van der Waals surface area (Å²) in [5.74, 6) is 0.593. The van der Waals surface area contributed by atoms with Crippen LogP contribution < -0.4 is 0 Å². The third-order valence-electron chi connectivity index (χ3n) is 4.48. The van der Waals surface area contributed by atoms with Crippen LogP contribution in [0.1, 0.15) is 61.6 Å². The van der Waals surface area contributed by atoms with Crippen molar-refractivity contribution >= 4 is 0 Å². The van der Waals surface area contributed by atoms with E-state index in [1.807, 2.05) is 12.5 Å². The Morgan fingerprint density at radius 2 is 2.00 bits per heavy atom. The quantitative estimate of drug-likeness (QED) is 0.605. The van der Waals surface area contributed by atoms with Crippen LogP contribution in [0.2, 0.25) is 0 Å². The van der Waals surface area contributed by atoms with Gasteiger partial charge in [-0.2, -0.15) is 0 Å². The van der Waals surface area contributed by atoms with Crippen molar-refractivity contribution in [2.75, 3.05) is 0 Å². The number of hydrogen-bond donors (Lipinski definition) is 0. The number of unbranched alkanes of at least 4 members (excludes halogenated alkanes) is 3. The molecule has 1 heterocycles. The zero-order chi connectivity index (χ0) is 15.1. The van der Waals surface area contributed by atoms with Crippen LogP contribution >= 0.6 is 0 Å². The second-order valence-electron chi connectivity index (χ2n) is 6.09. The van der Waals surface area contributed by atoms with Gasteiger partial charge in [0.05, 0.1) is 6.33 Å².